The maximum absolute atomic E-state index is 12.2. The number of carbonyl (C=O) groups excluding carboxylic acids is 2. The summed E-state index contributed by atoms with van der Waals surface area (Å²) in [5.41, 5.74) is 0.0135. The van der Waals surface area contributed by atoms with E-state index in [0.29, 0.717) is 10.6 Å². The second kappa shape index (κ2) is 9.02. The van der Waals surface area contributed by atoms with Crippen LogP contribution in [0.4, 0.5) is 5.69 Å². The highest BCUT2D eigenvalue weighted by Crippen LogP contribution is 2.22. The number of benzene rings is 1. The molecule has 0 aliphatic heterocycles. The van der Waals surface area contributed by atoms with Crippen molar-refractivity contribution < 1.29 is 9.59 Å². The fourth-order valence-corrected chi connectivity index (χ4v) is 3.09. The Hall–Kier alpha value is -1.84. The number of hydrogen-bond donors (Lipinski definition) is 2. The number of nitrogens with zero attached hydrogens (tertiary/aromatic N) is 2. The van der Waals surface area contributed by atoms with Gasteiger partial charge in [0.15, 0.2) is 0 Å². The van der Waals surface area contributed by atoms with Crippen molar-refractivity contribution in [2.45, 2.75) is 11.4 Å². The Bertz CT molecular complexity index is 842. The molecule has 10 heteroatoms. The van der Waals surface area contributed by atoms with E-state index in [1.807, 2.05) is 0 Å². The zero-order valence-corrected chi connectivity index (χ0v) is 16.2. The lowest BCUT2D eigenvalue weighted by Gasteiger charge is -2.09. The highest BCUT2D eigenvalue weighted by molar-refractivity contribution is 9.10. The number of halogens is 2. The molecule has 0 radical (unpaired) electrons. The Labute approximate surface area is 161 Å². The molecule has 1 aromatic heterocycles. The van der Waals surface area contributed by atoms with Crippen molar-refractivity contribution in [1.82, 2.24) is 15.1 Å². The molecule has 0 bridgehead atoms. The quantitative estimate of drug-likeness (QED) is 0.665. The highest BCUT2D eigenvalue weighted by atomic mass is 79.9. The average molecular weight is 446 g/mol. The maximum atomic E-state index is 12.2. The van der Waals surface area contributed by atoms with Gasteiger partial charge in [0.2, 0.25) is 11.8 Å². The van der Waals surface area contributed by atoms with Crippen molar-refractivity contribution in [3.05, 3.63) is 50.3 Å². The summed E-state index contributed by atoms with van der Waals surface area (Å²) in [6.45, 7) is -0.269. The molecule has 0 aliphatic carbocycles. The van der Waals surface area contributed by atoms with E-state index in [9.17, 15) is 14.4 Å². The molecule has 0 unspecified atom stereocenters. The van der Waals surface area contributed by atoms with Crippen molar-refractivity contribution in [2.75, 3.05) is 18.1 Å². The van der Waals surface area contributed by atoms with Crippen LogP contribution in [0, 0.1) is 0 Å². The molecule has 0 saturated carbocycles. The van der Waals surface area contributed by atoms with Crippen LogP contribution in [0.3, 0.4) is 0 Å². The van der Waals surface area contributed by atoms with Crippen molar-refractivity contribution in [2.24, 2.45) is 0 Å². The molecular weight excluding hydrogens is 432 g/mol. The van der Waals surface area contributed by atoms with Crippen molar-refractivity contribution >= 4 is 56.8 Å². The van der Waals surface area contributed by atoms with E-state index in [1.165, 1.54) is 13.2 Å². The first kappa shape index (κ1) is 19.5. The molecule has 2 aromatic rings. The molecule has 2 amide bonds. The van der Waals surface area contributed by atoms with Crippen LogP contribution in [0.25, 0.3) is 0 Å². The van der Waals surface area contributed by atoms with Crippen LogP contribution in [0.15, 0.2) is 44.6 Å². The van der Waals surface area contributed by atoms with Crippen molar-refractivity contribution in [3.8, 4) is 0 Å². The van der Waals surface area contributed by atoms with Crippen LogP contribution < -0.4 is 16.2 Å². The lowest BCUT2D eigenvalue weighted by atomic mass is 10.3. The van der Waals surface area contributed by atoms with E-state index in [0.717, 1.165) is 20.9 Å². The average Bonchev–Trinajstić information content (AvgIpc) is 2.60. The second-order valence-electron chi connectivity index (χ2n) is 4.80. The van der Waals surface area contributed by atoms with Crippen LogP contribution in [-0.4, -0.2) is 34.4 Å². The number of rotatable bonds is 6. The number of aromatic nitrogens is 2. The van der Waals surface area contributed by atoms with Gasteiger partial charge < -0.3 is 10.6 Å². The monoisotopic (exact) mass is 444 g/mol. The molecular formula is C15H14BrClN4O3S. The molecule has 0 atom stereocenters. The zero-order chi connectivity index (χ0) is 18.4. The van der Waals surface area contributed by atoms with E-state index in [2.05, 4.69) is 31.7 Å². The summed E-state index contributed by atoms with van der Waals surface area (Å²) in [7, 11) is 1.52. The minimum Gasteiger partial charge on any atom is -0.358 e. The first-order chi connectivity index (χ1) is 11.9. The fraction of sp³-hybridized carbons (Fsp3) is 0.200. The van der Waals surface area contributed by atoms with Gasteiger partial charge in [-0.05, 0) is 24.3 Å². The van der Waals surface area contributed by atoms with Gasteiger partial charge >= 0.3 is 0 Å². The van der Waals surface area contributed by atoms with Gasteiger partial charge in [-0.25, -0.2) is 4.68 Å². The summed E-state index contributed by atoms with van der Waals surface area (Å²) in [6.07, 6.45) is 1.37. The normalized spacial score (nSPS) is 10.4. The lowest BCUT2D eigenvalue weighted by Crippen LogP contribution is -2.30. The van der Waals surface area contributed by atoms with Crippen LogP contribution in [0.1, 0.15) is 0 Å². The van der Waals surface area contributed by atoms with Crippen molar-refractivity contribution in [1.29, 1.82) is 0 Å². The van der Waals surface area contributed by atoms with Gasteiger partial charge in [-0.1, -0.05) is 27.5 Å². The van der Waals surface area contributed by atoms with E-state index < -0.39 is 11.5 Å². The van der Waals surface area contributed by atoms with Gasteiger partial charge in [-0.2, -0.15) is 5.10 Å². The van der Waals surface area contributed by atoms with Crippen molar-refractivity contribution in [3.63, 3.8) is 0 Å². The van der Waals surface area contributed by atoms with Crippen LogP contribution in [-0.2, 0) is 16.1 Å². The summed E-state index contributed by atoms with van der Waals surface area (Å²) in [5.74, 6) is -0.483. The topological polar surface area (TPSA) is 93.1 Å². The predicted octanol–water partition coefficient (Wildman–Crippen LogP) is 2.14. The molecule has 0 aliphatic rings. The third-order valence-corrected chi connectivity index (χ3v) is 5.04. The minimum absolute atomic E-state index is 0.0691. The molecule has 0 spiro atoms. The number of hydrogen-bond acceptors (Lipinski definition) is 5. The zero-order valence-electron chi connectivity index (χ0n) is 13.1. The molecule has 25 heavy (non-hydrogen) atoms. The summed E-state index contributed by atoms with van der Waals surface area (Å²) < 4.78 is 1.86. The lowest BCUT2D eigenvalue weighted by molar-refractivity contribution is -0.118. The molecule has 2 rings (SSSR count). The molecule has 0 saturated heterocycles. The molecule has 1 aromatic carbocycles. The largest absolute Gasteiger partial charge is 0.358 e. The highest BCUT2D eigenvalue weighted by Gasteiger charge is 2.13. The van der Waals surface area contributed by atoms with Crippen LogP contribution in [0.2, 0.25) is 5.02 Å². The molecule has 7 nitrogen and oxygen atoms in total. The first-order valence-corrected chi connectivity index (χ1v) is 9.20. The minimum atomic E-state index is -0.588. The third-order valence-electron chi connectivity index (χ3n) is 3.01. The third kappa shape index (κ3) is 5.58. The molecule has 2 N–H and O–H groups in total. The van der Waals surface area contributed by atoms with Gasteiger partial charge in [0.1, 0.15) is 11.6 Å². The fourth-order valence-electron chi connectivity index (χ4n) is 1.75. The SMILES string of the molecule is CNC(=O)CSc1cnn(CC(=O)Nc2ccc(Br)cc2)c(=O)c1Cl. The summed E-state index contributed by atoms with van der Waals surface area (Å²) in [4.78, 5) is 35.9. The number of thioether (sulfide) groups is 1. The van der Waals surface area contributed by atoms with E-state index in [4.69, 9.17) is 11.6 Å². The van der Waals surface area contributed by atoms with Gasteiger partial charge in [-0.15, -0.1) is 11.8 Å². The van der Waals surface area contributed by atoms with Gasteiger partial charge in [0.05, 0.1) is 16.8 Å². The Morgan fingerprint density at radius 2 is 1.96 bits per heavy atom. The number of nitrogens with one attached hydrogen (secondary N) is 2. The Morgan fingerprint density at radius 1 is 1.28 bits per heavy atom. The van der Waals surface area contributed by atoms with E-state index >= 15 is 0 Å². The molecule has 1 heterocycles. The molecule has 132 valence electrons. The summed E-state index contributed by atoms with van der Waals surface area (Å²) in [5, 5.41) is 9.01. The Kier molecular flexibility index (Phi) is 7.03. The van der Waals surface area contributed by atoms with E-state index in [1.54, 1.807) is 24.3 Å². The van der Waals surface area contributed by atoms with Gasteiger partial charge in [0.25, 0.3) is 5.56 Å². The second-order valence-corrected chi connectivity index (χ2v) is 7.11. The Morgan fingerprint density at radius 3 is 2.60 bits per heavy atom. The van der Waals surface area contributed by atoms with Gasteiger partial charge in [-0.3, -0.25) is 14.4 Å². The summed E-state index contributed by atoms with van der Waals surface area (Å²) >= 11 is 10.4. The van der Waals surface area contributed by atoms with Crippen LogP contribution in [0.5, 0.6) is 0 Å². The predicted molar refractivity (Wildman–Crippen MR) is 101 cm³/mol. The number of amides is 2. The van der Waals surface area contributed by atoms with Gasteiger partial charge in [0, 0.05) is 17.2 Å². The van der Waals surface area contributed by atoms with Crippen LogP contribution >= 0.6 is 39.3 Å². The van der Waals surface area contributed by atoms with E-state index in [-0.39, 0.29) is 23.2 Å². The molecule has 0 fully saturated rings. The summed E-state index contributed by atoms with van der Waals surface area (Å²) in [6, 6.07) is 7.03. The maximum Gasteiger partial charge on any atom is 0.287 e. The smallest absolute Gasteiger partial charge is 0.287 e. The number of anilines is 1. The standard InChI is InChI=1S/C15H14BrClN4O3S/c1-18-13(23)8-25-11-6-19-21(15(24)14(11)17)7-12(22)20-10-4-2-9(16)3-5-10/h2-6H,7-8H2,1H3,(H,18,23)(H,20,22). The number of carbonyl (C=O) groups is 2. The first-order valence-electron chi connectivity index (χ1n) is 7.05. The Balaban J connectivity index is 2.05.